The first-order chi connectivity index (χ1) is 9.74. The Balaban J connectivity index is 2.26. The topological polar surface area (TPSA) is 34.1 Å². The van der Waals surface area contributed by atoms with Gasteiger partial charge in [0.1, 0.15) is 5.75 Å². The summed E-state index contributed by atoms with van der Waals surface area (Å²) in [7, 11) is 1.92. The second-order valence-electron chi connectivity index (χ2n) is 4.60. The Hall–Kier alpha value is -1.58. The summed E-state index contributed by atoms with van der Waals surface area (Å²) in [6.07, 6.45) is 4.50. The molecular formula is C16H19ClN2O. The fourth-order valence-electron chi connectivity index (χ4n) is 1.97. The molecule has 1 heterocycles. The molecule has 0 unspecified atom stereocenters. The average molecular weight is 291 g/mol. The number of halogens is 1. The summed E-state index contributed by atoms with van der Waals surface area (Å²) in [4.78, 5) is 4.22. The van der Waals surface area contributed by atoms with Crippen molar-refractivity contribution in [1.82, 2.24) is 10.3 Å². The van der Waals surface area contributed by atoms with Crippen LogP contribution in [0.4, 0.5) is 0 Å². The SMILES string of the molecule is CCCOc1cncc(-c2ccc(CNC)cc2Cl)c1. The molecule has 0 aliphatic heterocycles. The van der Waals surface area contributed by atoms with Crippen molar-refractivity contribution in [1.29, 1.82) is 0 Å². The number of rotatable bonds is 6. The van der Waals surface area contributed by atoms with Crippen molar-refractivity contribution in [3.05, 3.63) is 47.2 Å². The molecule has 20 heavy (non-hydrogen) atoms. The molecule has 3 nitrogen and oxygen atoms in total. The summed E-state index contributed by atoms with van der Waals surface area (Å²) in [5.41, 5.74) is 3.10. The molecule has 1 aromatic heterocycles. The van der Waals surface area contributed by atoms with Crippen LogP contribution in [0.2, 0.25) is 5.02 Å². The van der Waals surface area contributed by atoms with E-state index < -0.39 is 0 Å². The van der Waals surface area contributed by atoms with Gasteiger partial charge in [-0.1, -0.05) is 30.7 Å². The first-order valence-corrected chi connectivity index (χ1v) is 7.13. The summed E-state index contributed by atoms with van der Waals surface area (Å²) in [5, 5.41) is 3.84. The van der Waals surface area contributed by atoms with Crippen LogP contribution in [0.25, 0.3) is 11.1 Å². The number of hydrogen-bond acceptors (Lipinski definition) is 3. The molecule has 0 aliphatic rings. The minimum Gasteiger partial charge on any atom is -0.492 e. The van der Waals surface area contributed by atoms with E-state index in [-0.39, 0.29) is 0 Å². The Kier molecular flexibility index (Phi) is 5.39. The van der Waals surface area contributed by atoms with Crippen LogP contribution in [0.15, 0.2) is 36.7 Å². The van der Waals surface area contributed by atoms with Crippen molar-refractivity contribution >= 4 is 11.6 Å². The van der Waals surface area contributed by atoms with Crippen molar-refractivity contribution in [3.8, 4) is 16.9 Å². The number of nitrogens with one attached hydrogen (secondary N) is 1. The minimum absolute atomic E-state index is 0.694. The van der Waals surface area contributed by atoms with E-state index in [1.165, 1.54) is 0 Å². The van der Waals surface area contributed by atoms with E-state index in [9.17, 15) is 0 Å². The monoisotopic (exact) mass is 290 g/mol. The minimum atomic E-state index is 0.694. The molecular weight excluding hydrogens is 272 g/mol. The smallest absolute Gasteiger partial charge is 0.138 e. The molecule has 0 saturated heterocycles. The van der Waals surface area contributed by atoms with Gasteiger partial charge in [-0.3, -0.25) is 4.98 Å². The fourth-order valence-corrected chi connectivity index (χ4v) is 2.28. The molecule has 0 bridgehead atoms. The lowest BCUT2D eigenvalue weighted by molar-refractivity contribution is 0.316. The van der Waals surface area contributed by atoms with Gasteiger partial charge in [0, 0.05) is 28.9 Å². The number of pyridine rings is 1. The number of benzene rings is 1. The van der Waals surface area contributed by atoms with Crippen molar-refractivity contribution in [3.63, 3.8) is 0 Å². The molecule has 0 aliphatic carbocycles. The van der Waals surface area contributed by atoms with Gasteiger partial charge < -0.3 is 10.1 Å². The second kappa shape index (κ2) is 7.27. The molecule has 0 radical (unpaired) electrons. The number of nitrogens with zero attached hydrogens (tertiary/aromatic N) is 1. The summed E-state index contributed by atoms with van der Waals surface area (Å²) < 4.78 is 5.60. The van der Waals surface area contributed by atoms with Crippen LogP contribution >= 0.6 is 11.6 Å². The Labute approximate surface area is 124 Å². The van der Waals surface area contributed by atoms with E-state index in [4.69, 9.17) is 16.3 Å². The first kappa shape index (κ1) is 14.8. The zero-order valence-corrected chi connectivity index (χ0v) is 12.6. The molecule has 0 spiro atoms. The summed E-state index contributed by atoms with van der Waals surface area (Å²) in [5.74, 6) is 0.778. The van der Waals surface area contributed by atoms with Gasteiger partial charge in [0.05, 0.1) is 12.8 Å². The van der Waals surface area contributed by atoms with Crippen molar-refractivity contribution < 1.29 is 4.74 Å². The molecule has 106 valence electrons. The van der Waals surface area contributed by atoms with E-state index >= 15 is 0 Å². The molecule has 4 heteroatoms. The molecule has 2 aromatic rings. The zero-order chi connectivity index (χ0) is 14.4. The molecule has 0 atom stereocenters. The van der Waals surface area contributed by atoms with Crippen LogP contribution in [0.1, 0.15) is 18.9 Å². The predicted octanol–water partition coefficient (Wildman–Crippen LogP) is 3.91. The third-order valence-electron chi connectivity index (χ3n) is 2.91. The van der Waals surface area contributed by atoms with E-state index in [0.717, 1.165) is 40.4 Å². The van der Waals surface area contributed by atoms with Crippen molar-refractivity contribution in [2.45, 2.75) is 19.9 Å². The van der Waals surface area contributed by atoms with Gasteiger partial charge in [-0.15, -0.1) is 0 Å². The maximum absolute atomic E-state index is 6.36. The summed E-state index contributed by atoms with van der Waals surface area (Å²) in [6, 6.07) is 8.04. The highest BCUT2D eigenvalue weighted by Crippen LogP contribution is 2.30. The Morgan fingerprint density at radius 1 is 1.25 bits per heavy atom. The lowest BCUT2D eigenvalue weighted by Crippen LogP contribution is -2.04. The Morgan fingerprint density at radius 3 is 2.80 bits per heavy atom. The van der Waals surface area contributed by atoms with E-state index in [1.807, 2.05) is 25.2 Å². The Morgan fingerprint density at radius 2 is 2.10 bits per heavy atom. The first-order valence-electron chi connectivity index (χ1n) is 6.76. The number of aromatic nitrogens is 1. The van der Waals surface area contributed by atoms with Gasteiger partial charge in [-0.25, -0.2) is 0 Å². The molecule has 0 fully saturated rings. The van der Waals surface area contributed by atoms with E-state index in [0.29, 0.717) is 6.61 Å². The highest BCUT2D eigenvalue weighted by molar-refractivity contribution is 6.33. The van der Waals surface area contributed by atoms with E-state index in [2.05, 4.69) is 23.3 Å². The second-order valence-corrected chi connectivity index (χ2v) is 5.01. The lowest BCUT2D eigenvalue weighted by Gasteiger charge is -2.09. The van der Waals surface area contributed by atoms with E-state index in [1.54, 1.807) is 12.4 Å². The summed E-state index contributed by atoms with van der Waals surface area (Å²) >= 11 is 6.36. The van der Waals surface area contributed by atoms with Gasteiger partial charge in [-0.05, 0) is 31.2 Å². The highest BCUT2D eigenvalue weighted by Gasteiger charge is 2.06. The maximum atomic E-state index is 6.36. The van der Waals surface area contributed by atoms with Gasteiger partial charge in [0.2, 0.25) is 0 Å². The fraction of sp³-hybridized carbons (Fsp3) is 0.312. The highest BCUT2D eigenvalue weighted by atomic mass is 35.5. The lowest BCUT2D eigenvalue weighted by atomic mass is 10.1. The molecule has 0 amide bonds. The van der Waals surface area contributed by atoms with Crippen LogP contribution < -0.4 is 10.1 Å². The Bertz CT molecular complexity index is 572. The van der Waals surface area contributed by atoms with Gasteiger partial charge in [0.15, 0.2) is 0 Å². The molecule has 2 rings (SSSR count). The van der Waals surface area contributed by atoms with Crippen LogP contribution in [0.3, 0.4) is 0 Å². The predicted molar refractivity (Wildman–Crippen MR) is 83.2 cm³/mol. The third kappa shape index (κ3) is 3.71. The normalized spacial score (nSPS) is 10.6. The van der Waals surface area contributed by atoms with Gasteiger partial charge >= 0.3 is 0 Å². The van der Waals surface area contributed by atoms with Crippen molar-refractivity contribution in [2.75, 3.05) is 13.7 Å². The quantitative estimate of drug-likeness (QED) is 0.876. The number of hydrogen-bond donors (Lipinski definition) is 1. The molecule has 0 saturated carbocycles. The van der Waals surface area contributed by atoms with Crippen LogP contribution in [-0.2, 0) is 6.54 Å². The zero-order valence-electron chi connectivity index (χ0n) is 11.8. The van der Waals surface area contributed by atoms with Crippen molar-refractivity contribution in [2.24, 2.45) is 0 Å². The average Bonchev–Trinajstić information content (AvgIpc) is 2.46. The van der Waals surface area contributed by atoms with Crippen LogP contribution in [0.5, 0.6) is 5.75 Å². The third-order valence-corrected chi connectivity index (χ3v) is 3.22. The van der Waals surface area contributed by atoms with Gasteiger partial charge in [0.25, 0.3) is 0 Å². The number of ether oxygens (including phenoxy) is 1. The van der Waals surface area contributed by atoms with Gasteiger partial charge in [-0.2, -0.15) is 0 Å². The molecule has 1 aromatic carbocycles. The largest absolute Gasteiger partial charge is 0.492 e. The maximum Gasteiger partial charge on any atom is 0.138 e. The molecule has 1 N–H and O–H groups in total. The standard InChI is InChI=1S/C16H19ClN2O/c1-3-6-20-14-8-13(10-19-11-14)15-5-4-12(9-18-2)7-16(15)17/h4-5,7-8,10-11,18H,3,6,9H2,1-2H3. The summed E-state index contributed by atoms with van der Waals surface area (Å²) in [6.45, 7) is 3.58. The van der Waals surface area contributed by atoms with Crippen LogP contribution in [-0.4, -0.2) is 18.6 Å². The van der Waals surface area contributed by atoms with Crippen LogP contribution in [0, 0.1) is 0 Å².